The van der Waals surface area contributed by atoms with E-state index in [1.165, 1.54) is 35.1 Å². The molecule has 0 atom stereocenters. The molecule has 24 heavy (non-hydrogen) atoms. The predicted molar refractivity (Wildman–Crippen MR) is 99.5 cm³/mol. The highest BCUT2D eigenvalue weighted by Gasteiger charge is 2.17. The third-order valence-electron chi connectivity index (χ3n) is 4.64. The van der Waals surface area contributed by atoms with Gasteiger partial charge in [0.25, 0.3) is 0 Å². The van der Waals surface area contributed by atoms with E-state index < -0.39 is 0 Å². The van der Waals surface area contributed by atoms with E-state index in [-0.39, 0.29) is 6.10 Å². The highest BCUT2D eigenvalue weighted by molar-refractivity contribution is 5.61. The first-order chi connectivity index (χ1) is 11.5. The Labute approximate surface area is 145 Å². The summed E-state index contributed by atoms with van der Waals surface area (Å²) in [6.45, 7) is 9.34. The first-order valence-corrected chi connectivity index (χ1v) is 9.01. The van der Waals surface area contributed by atoms with Gasteiger partial charge in [0.1, 0.15) is 11.6 Å². The van der Waals surface area contributed by atoms with Crippen molar-refractivity contribution in [2.24, 2.45) is 0 Å². The quantitative estimate of drug-likeness (QED) is 0.777. The normalized spacial score (nSPS) is 14.8. The molecule has 0 amide bonds. The van der Waals surface area contributed by atoms with E-state index in [1.807, 2.05) is 19.3 Å². The number of aryl methyl sites for hydroxylation is 1. The number of allylic oxidation sites excluding steroid dienone is 1. The van der Waals surface area contributed by atoms with Crippen molar-refractivity contribution in [2.45, 2.75) is 66.0 Å². The van der Waals surface area contributed by atoms with E-state index in [1.54, 1.807) is 0 Å². The standard InChI is InChI=1S/C21H28N2O/c1-15(2)24-21-10-9-18(19-7-5-6-8-20(19)21)13-16(3)14-23-12-11-22-17(23)4/h9-13,15H,5-8,14H2,1-4H3/b16-13+. The summed E-state index contributed by atoms with van der Waals surface area (Å²) in [6.07, 6.45) is 11.3. The van der Waals surface area contributed by atoms with Gasteiger partial charge >= 0.3 is 0 Å². The number of rotatable bonds is 5. The molecule has 128 valence electrons. The van der Waals surface area contributed by atoms with Gasteiger partial charge in [-0.3, -0.25) is 0 Å². The summed E-state index contributed by atoms with van der Waals surface area (Å²) < 4.78 is 8.23. The maximum atomic E-state index is 6.04. The summed E-state index contributed by atoms with van der Waals surface area (Å²) in [7, 11) is 0. The van der Waals surface area contributed by atoms with Crippen LogP contribution in [-0.4, -0.2) is 15.7 Å². The van der Waals surface area contributed by atoms with Crippen LogP contribution in [0.4, 0.5) is 0 Å². The Morgan fingerprint density at radius 2 is 2.00 bits per heavy atom. The molecule has 2 aromatic rings. The second-order valence-electron chi connectivity index (χ2n) is 7.08. The fourth-order valence-corrected chi connectivity index (χ4v) is 3.51. The minimum atomic E-state index is 0.225. The van der Waals surface area contributed by atoms with Crippen molar-refractivity contribution in [3.63, 3.8) is 0 Å². The number of nitrogens with zero attached hydrogens (tertiary/aromatic N) is 2. The fourth-order valence-electron chi connectivity index (χ4n) is 3.51. The highest BCUT2D eigenvalue weighted by atomic mass is 16.5. The van der Waals surface area contributed by atoms with Crippen LogP contribution < -0.4 is 4.74 Å². The summed E-state index contributed by atoms with van der Waals surface area (Å²) in [4.78, 5) is 4.31. The van der Waals surface area contributed by atoms with Crippen LogP contribution >= 0.6 is 0 Å². The van der Waals surface area contributed by atoms with E-state index >= 15 is 0 Å². The van der Waals surface area contributed by atoms with Crippen molar-refractivity contribution in [3.8, 4) is 5.75 Å². The lowest BCUT2D eigenvalue weighted by atomic mass is 9.87. The van der Waals surface area contributed by atoms with Crippen LogP contribution in [0.1, 0.15) is 56.1 Å². The Hall–Kier alpha value is -2.03. The lowest BCUT2D eigenvalue weighted by Crippen LogP contribution is -2.12. The van der Waals surface area contributed by atoms with Gasteiger partial charge < -0.3 is 9.30 Å². The molecule has 0 spiro atoms. The molecule has 1 heterocycles. The number of ether oxygens (including phenoxy) is 1. The van der Waals surface area contributed by atoms with Crippen LogP contribution in [0, 0.1) is 6.92 Å². The molecule has 1 aliphatic carbocycles. The van der Waals surface area contributed by atoms with E-state index in [2.05, 4.69) is 48.5 Å². The molecule has 3 nitrogen and oxygen atoms in total. The van der Waals surface area contributed by atoms with Gasteiger partial charge in [0.15, 0.2) is 0 Å². The summed E-state index contributed by atoms with van der Waals surface area (Å²) in [5.74, 6) is 2.14. The van der Waals surface area contributed by atoms with E-state index in [0.29, 0.717) is 0 Å². The maximum absolute atomic E-state index is 6.04. The van der Waals surface area contributed by atoms with Crippen LogP contribution in [0.15, 0.2) is 30.1 Å². The summed E-state index contributed by atoms with van der Waals surface area (Å²) >= 11 is 0. The van der Waals surface area contributed by atoms with Crippen LogP contribution in [0.2, 0.25) is 0 Å². The Morgan fingerprint density at radius 1 is 1.25 bits per heavy atom. The Balaban J connectivity index is 1.90. The molecular formula is C21H28N2O. The lowest BCUT2D eigenvalue weighted by molar-refractivity contribution is 0.239. The van der Waals surface area contributed by atoms with Gasteiger partial charge in [-0.15, -0.1) is 0 Å². The van der Waals surface area contributed by atoms with Crippen molar-refractivity contribution in [1.29, 1.82) is 0 Å². The first kappa shape index (κ1) is 16.8. The maximum Gasteiger partial charge on any atom is 0.123 e. The molecular weight excluding hydrogens is 296 g/mol. The molecule has 3 heteroatoms. The molecule has 0 bridgehead atoms. The fraction of sp³-hybridized carbons (Fsp3) is 0.476. The zero-order valence-corrected chi connectivity index (χ0v) is 15.3. The molecule has 0 unspecified atom stereocenters. The number of imidazole rings is 1. The summed E-state index contributed by atoms with van der Waals surface area (Å²) in [5.41, 5.74) is 5.62. The molecule has 0 fully saturated rings. The minimum Gasteiger partial charge on any atom is -0.491 e. The lowest BCUT2D eigenvalue weighted by Gasteiger charge is -2.23. The molecule has 1 aromatic heterocycles. The monoisotopic (exact) mass is 324 g/mol. The van der Waals surface area contributed by atoms with Gasteiger partial charge in [0, 0.05) is 18.9 Å². The van der Waals surface area contributed by atoms with Crippen molar-refractivity contribution in [3.05, 3.63) is 52.6 Å². The average Bonchev–Trinajstić information content (AvgIpc) is 2.94. The number of benzene rings is 1. The summed E-state index contributed by atoms with van der Waals surface area (Å²) in [6, 6.07) is 4.39. The third-order valence-corrected chi connectivity index (χ3v) is 4.64. The van der Waals surface area contributed by atoms with Gasteiger partial charge in [-0.1, -0.05) is 17.7 Å². The SMILES string of the molecule is C/C(=C\c1ccc(OC(C)C)c2c1CCCC2)Cn1ccnc1C. The van der Waals surface area contributed by atoms with Gasteiger partial charge in [-0.2, -0.15) is 0 Å². The number of fused-ring (bicyclic) bond motifs is 1. The molecule has 3 rings (SSSR count). The number of aromatic nitrogens is 2. The van der Waals surface area contributed by atoms with Crippen molar-refractivity contribution >= 4 is 6.08 Å². The van der Waals surface area contributed by atoms with Crippen LogP contribution in [0.5, 0.6) is 5.75 Å². The second-order valence-corrected chi connectivity index (χ2v) is 7.08. The van der Waals surface area contributed by atoms with E-state index in [4.69, 9.17) is 4.74 Å². The molecule has 0 N–H and O–H groups in total. The van der Waals surface area contributed by atoms with E-state index in [0.717, 1.165) is 31.0 Å². The van der Waals surface area contributed by atoms with Crippen molar-refractivity contribution in [2.75, 3.05) is 0 Å². The largest absolute Gasteiger partial charge is 0.491 e. The molecule has 0 saturated carbocycles. The Kier molecular flexibility index (Phi) is 5.08. The average molecular weight is 324 g/mol. The predicted octanol–water partition coefficient (Wildman–Crippen LogP) is 4.96. The van der Waals surface area contributed by atoms with Gasteiger partial charge in [-0.25, -0.2) is 4.98 Å². The first-order valence-electron chi connectivity index (χ1n) is 9.01. The van der Waals surface area contributed by atoms with Crippen LogP contribution in [0.25, 0.3) is 6.08 Å². The van der Waals surface area contributed by atoms with Crippen LogP contribution in [-0.2, 0) is 19.4 Å². The molecule has 0 radical (unpaired) electrons. The smallest absolute Gasteiger partial charge is 0.123 e. The number of hydrogen-bond acceptors (Lipinski definition) is 2. The third kappa shape index (κ3) is 3.72. The highest BCUT2D eigenvalue weighted by Crippen LogP contribution is 2.34. The molecule has 1 aromatic carbocycles. The van der Waals surface area contributed by atoms with Gasteiger partial charge in [0.2, 0.25) is 0 Å². The summed E-state index contributed by atoms with van der Waals surface area (Å²) in [5, 5.41) is 0. The van der Waals surface area contributed by atoms with E-state index in [9.17, 15) is 0 Å². The van der Waals surface area contributed by atoms with Crippen molar-refractivity contribution < 1.29 is 4.74 Å². The topological polar surface area (TPSA) is 27.1 Å². The second kappa shape index (κ2) is 7.25. The van der Waals surface area contributed by atoms with Gasteiger partial charge in [-0.05, 0) is 76.1 Å². The number of hydrogen-bond donors (Lipinski definition) is 0. The minimum absolute atomic E-state index is 0.225. The van der Waals surface area contributed by atoms with Gasteiger partial charge in [0.05, 0.1) is 6.10 Å². The zero-order valence-electron chi connectivity index (χ0n) is 15.3. The zero-order chi connectivity index (χ0) is 17.1. The molecule has 0 saturated heterocycles. The molecule has 0 aliphatic heterocycles. The van der Waals surface area contributed by atoms with Crippen molar-refractivity contribution in [1.82, 2.24) is 9.55 Å². The Morgan fingerprint density at radius 3 is 2.67 bits per heavy atom. The Bertz CT molecular complexity index is 740. The van der Waals surface area contributed by atoms with Crippen LogP contribution in [0.3, 0.4) is 0 Å². The molecule has 1 aliphatic rings.